The maximum Gasteiger partial charge on any atom is 0.344 e. The third-order valence-corrected chi connectivity index (χ3v) is 11.1. The molecule has 46 heavy (non-hydrogen) atoms. The molecule has 2 fully saturated rings. The summed E-state index contributed by atoms with van der Waals surface area (Å²) in [6, 6.07) is 6.81. The summed E-state index contributed by atoms with van der Waals surface area (Å²) in [6.45, 7) is 10.6. The molecule has 4 aliphatic rings. The molecule has 1 aromatic carbocycles. The van der Waals surface area contributed by atoms with Gasteiger partial charge in [-0.25, -0.2) is 4.79 Å². The lowest BCUT2D eigenvalue weighted by Gasteiger charge is -2.58. The fraction of sp³-hybridized carbons (Fsp3) is 0.611. The fourth-order valence-electron chi connectivity index (χ4n) is 8.53. The average molecular weight is 679 g/mol. The zero-order valence-corrected chi connectivity index (χ0v) is 29.7. The van der Waals surface area contributed by atoms with Gasteiger partial charge in [0.05, 0.1) is 0 Å². The number of ketones is 2. The number of fused-ring (bicyclic) bond motifs is 5. The SMILES string of the molecule is CC(=O)OC1(C(C)=O)CCC2C3C=C(C)C4=CC(=O)CCC4(C)C3CCC21C.CN(C)CCOC(=O)COc1ccc(Cl)cc1.Cl. The maximum atomic E-state index is 12.8. The largest absolute Gasteiger partial charge is 0.482 e. The lowest BCUT2D eigenvalue weighted by atomic mass is 9.47. The summed E-state index contributed by atoms with van der Waals surface area (Å²) >= 11 is 5.72. The second-order valence-corrected chi connectivity index (χ2v) is 14.3. The Morgan fingerprint density at radius 1 is 1.00 bits per heavy atom. The van der Waals surface area contributed by atoms with Crippen molar-refractivity contribution in [2.45, 2.75) is 78.7 Å². The number of rotatable bonds is 8. The smallest absolute Gasteiger partial charge is 0.344 e. The molecule has 10 heteroatoms. The van der Waals surface area contributed by atoms with E-state index in [1.54, 1.807) is 31.2 Å². The molecule has 2 saturated carbocycles. The Morgan fingerprint density at radius 3 is 2.26 bits per heavy atom. The van der Waals surface area contributed by atoms with E-state index in [4.69, 9.17) is 25.8 Å². The normalized spacial score (nSPS) is 31.0. The zero-order chi connectivity index (χ0) is 33.2. The van der Waals surface area contributed by atoms with Crippen molar-refractivity contribution in [1.29, 1.82) is 0 Å². The first-order valence-corrected chi connectivity index (χ1v) is 16.3. The molecule has 6 unspecified atom stereocenters. The number of nitrogens with zero attached hydrogens (tertiary/aromatic N) is 1. The van der Waals surface area contributed by atoms with Gasteiger partial charge in [-0.1, -0.05) is 37.1 Å². The molecule has 254 valence electrons. The van der Waals surface area contributed by atoms with Gasteiger partial charge in [0.25, 0.3) is 0 Å². The topological polar surface area (TPSA) is 99.2 Å². The highest BCUT2D eigenvalue weighted by molar-refractivity contribution is 6.30. The molecule has 6 atom stereocenters. The van der Waals surface area contributed by atoms with Crippen LogP contribution in [-0.2, 0) is 28.7 Å². The van der Waals surface area contributed by atoms with Gasteiger partial charge in [0.2, 0.25) is 0 Å². The van der Waals surface area contributed by atoms with Crippen LogP contribution in [-0.4, -0.2) is 67.9 Å². The molecule has 0 N–H and O–H groups in total. The number of likely N-dealkylation sites (N-methyl/N-ethyl adjacent to an activating group) is 1. The number of carbonyl (C=O) groups is 4. The van der Waals surface area contributed by atoms with Crippen molar-refractivity contribution >= 4 is 47.5 Å². The minimum absolute atomic E-state index is 0. The van der Waals surface area contributed by atoms with Crippen molar-refractivity contribution in [2.75, 3.05) is 33.9 Å². The van der Waals surface area contributed by atoms with E-state index < -0.39 is 5.60 Å². The van der Waals surface area contributed by atoms with Crippen LogP contribution >= 0.6 is 24.0 Å². The number of Topliss-reactive ketones (excluding diaryl/α,β-unsaturated/α-hetero) is 1. The van der Waals surface area contributed by atoms with Crippen molar-refractivity contribution in [3.63, 3.8) is 0 Å². The van der Waals surface area contributed by atoms with E-state index >= 15 is 0 Å². The molecule has 0 aromatic heterocycles. The van der Waals surface area contributed by atoms with E-state index in [2.05, 4.69) is 26.8 Å². The molecule has 0 saturated heterocycles. The Bertz CT molecular complexity index is 1370. The van der Waals surface area contributed by atoms with E-state index in [1.165, 1.54) is 18.1 Å². The molecule has 0 amide bonds. The molecule has 0 aliphatic heterocycles. The first kappa shape index (κ1) is 37.8. The first-order valence-electron chi connectivity index (χ1n) is 16.0. The summed E-state index contributed by atoms with van der Waals surface area (Å²) in [5, 5.41) is 0.630. The van der Waals surface area contributed by atoms with Crippen LogP contribution in [0.1, 0.15) is 73.1 Å². The Hall–Kier alpha value is -2.68. The van der Waals surface area contributed by atoms with Gasteiger partial charge in [0.1, 0.15) is 12.4 Å². The number of benzene rings is 1. The van der Waals surface area contributed by atoms with E-state index in [-0.39, 0.29) is 53.3 Å². The third-order valence-electron chi connectivity index (χ3n) is 10.8. The Morgan fingerprint density at radius 2 is 1.65 bits per heavy atom. The number of ether oxygens (including phenoxy) is 3. The quantitative estimate of drug-likeness (QED) is 0.277. The van der Waals surface area contributed by atoms with E-state index in [0.717, 1.165) is 25.7 Å². The summed E-state index contributed by atoms with van der Waals surface area (Å²) in [4.78, 5) is 50.0. The van der Waals surface area contributed by atoms with Gasteiger partial charge >= 0.3 is 11.9 Å². The van der Waals surface area contributed by atoms with E-state index in [0.29, 0.717) is 54.5 Å². The van der Waals surface area contributed by atoms with Gasteiger partial charge in [-0.2, -0.15) is 0 Å². The standard InChI is InChI=1S/C24H32O4.C12H16ClNO3.ClH/c1-14-12-18-19(22(4)9-6-17(27)13-21(14)22)7-10-23(5)20(18)8-11-24(23,15(2)25)28-16(3)26;1-14(2)7-8-16-12(15)9-17-11-5-3-10(13)4-6-11;/h12-13,18-20H,6-11H2,1-5H3;3-6H,7-9H2,1-2H3;1H. The summed E-state index contributed by atoms with van der Waals surface area (Å²) in [6.07, 6.45) is 9.20. The van der Waals surface area contributed by atoms with Gasteiger partial charge in [-0.05, 0) is 119 Å². The van der Waals surface area contributed by atoms with Gasteiger partial charge < -0.3 is 19.1 Å². The monoisotopic (exact) mass is 677 g/mol. The van der Waals surface area contributed by atoms with Crippen LogP contribution in [0.3, 0.4) is 0 Å². The van der Waals surface area contributed by atoms with Crippen LogP contribution < -0.4 is 4.74 Å². The fourth-order valence-corrected chi connectivity index (χ4v) is 8.66. The van der Waals surface area contributed by atoms with Crippen LogP contribution in [0.15, 0.2) is 47.6 Å². The number of hydrogen-bond acceptors (Lipinski definition) is 8. The maximum absolute atomic E-state index is 12.8. The molecule has 0 radical (unpaired) electrons. The highest BCUT2D eigenvalue weighted by Gasteiger charge is 2.67. The van der Waals surface area contributed by atoms with Gasteiger partial charge in [-0.3, -0.25) is 14.4 Å². The molecule has 5 rings (SSSR count). The summed E-state index contributed by atoms with van der Waals surface area (Å²) in [7, 11) is 3.83. The van der Waals surface area contributed by atoms with Crippen molar-refractivity contribution in [2.24, 2.45) is 28.6 Å². The zero-order valence-electron chi connectivity index (χ0n) is 28.2. The summed E-state index contributed by atoms with van der Waals surface area (Å²) in [5.74, 6) is 1.25. The second-order valence-electron chi connectivity index (χ2n) is 13.8. The molecule has 8 nitrogen and oxygen atoms in total. The van der Waals surface area contributed by atoms with Crippen LogP contribution in [0.2, 0.25) is 5.02 Å². The average Bonchev–Trinajstić information content (AvgIpc) is 3.26. The van der Waals surface area contributed by atoms with E-state index in [1.807, 2.05) is 25.1 Å². The van der Waals surface area contributed by atoms with Crippen molar-refractivity contribution in [3.05, 3.63) is 52.6 Å². The summed E-state index contributed by atoms with van der Waals surface area (Å²) in [5.41, 5.74) is 1.15. The first-order chi connectivity index (χ1) is 21.1. The summed E-state index contributed by atoms with van der Waals surface area (Å²) < 4.78 is 16.0. The third kappa shape index (κ3) is 7.55. The molecule has 0 heterocycles. The molecule has 0 spiro atoms. The van der Waals surface area contributed by atoms with Crippen LogP contribution in [0.5, 0.6) is 5.75 Å². The predicted octanol–water partition coefficient (Wildman–Crippen LogP) is 6.82. The number of carbonyl (C=O) groups excluding carboxylic acids is 4. The van der Waals surface area contributed by atoms with Gasteiger partial charge in [0, 0.05) is 30.3 Å². The van der Waals surface area contributed by atoms with Crippen LogP contribution in [0.4, 0.5) is 0 Å². The molecular weight excluding hydrogens is 629 g/mol. The van der Waals surface area contributed by atoms with E-state index in [9.17, 15) is 19.2 Å². The van der Waals surface area contributed by atoms with Crippen molar-refractivity contribution in [1.82, 2.24) is 4.90 Å². The second kappa shape index (κ2) is 15.0. The highest BCUT2D eigenvalue weighted by atomic mass is 35.5. The number of allylic oxidation sites excluding steroid dienone is 4. The highest BCUT2D eigenvalue weighted by Crippen LogP contribution is 2.67. The Balaban J connectivity index is 0.000000277. The minimum atomic E-state index is -0.990. The minimum Gasteiger partial charge on any atom is -0.482 e. The molecule has 4 aliphatic carbocycles. The lowest BCUT2D eigenvalue weighted by Crippen LogP contribution is -2.58. The van der Waals surface area contributed by atoms with Gasteiger partial charge in [0.15, 0.2) is 23.8 Å². The Labute approximate surface area is 284 Å². The van der Waals surface area contributed by atoms with Crippen LogP contribution in [0, 0.1) is 28.6 Å². The number of halogens is 2. The molecule has 1 aromatic rings. The van der Waals surface area contributed by atoms with Crippen molar-refractivity contribution in [3.8, 4) is 5.75 Å². The lowest BCUT2D eigenvalue weighted by molar-refractivity contribution is -0.185. The number of esters is 2. The predicted molar refractivity (Wildman–Crippen MR) is 180 cm³/mol. The molecular formula is C36H49Cl2NO7. The van der Waals surface area contributed by atoms with Crippen molar-refractivity contribution < 1.29 is 33.4 Å². The number of hydrogen-bond donors (Lipinski definition) is 0. The van der Waals surface area contributed by atoms with Crippen LogP contribution in [0.25, 0.3) is 0 Å². The molecule has 0 bridgehead atoms. The van der Waals surface area contributed by atoms with Gasteiger partial charge in [-0.15, -0.1) is 12.4 Å². The Kier molecular flexibility index (Phi) is 12.3.